The van der Waals surface area contributed by atoms with Crippen molar-refractivity contribution in [3.05, 3.63) is 35.9 Å². The van der Waals surface area contributed by atoms with Gasteiger partial charge in [-0.1, -0.05) is 30.3 Å². The zero-order valence-corrected chi connectivity index (χ0v) is 14.1. The summed E-state index contributed by atoms with van der Waals surface area (Å²) in [6.45, 7) is 2.56. The molecule has 0 unspecified atom stereocenters. The van der Waals surface area contributed by atoms with E-state index in [1.54, 1.807) is 0 Å². The Balaban J connectivity index is 0.00000200. The third-order valence-corrected chi connectivity index (χ3v) is 3.83. The highest BCUT2D eigenvalue weighted by atomic mass is 35.5. The first-order chi connectivity index (χ1) is 9.34. The van der Waals surface area contributed by atoms with Crippen LogP contribution in [0.2, 0.25) is 0 Å². The van der Waals surface area contributed by atoms with Crippen molar-refractivity contribution in [3.8, 4) is 0 Å². The Hall–Kier alpha value is -0.320. The molecule has 21 heavy (non-hydrogen) atoms. The molecule has 0 aliphatic heterocycles. The lowest BCUT2D eigenvalue weighted by Crippen LogP contribution is -2.38. The molecule has 1 aliphatic rings. The van der Waals surface area contributed by atoms with Gasteiger partial charge in [0.1, 0.15) is 0 Å². The van der Waals surface area contributed by atoms with Crippen LogP contribution in [-0.2, 0) is 11.2 Å². The Bertz CT molecular complexity index is 343. The Kier molecular flexibility index (Phi) is 12.1. The van der Waals surface area contributed by atoms with Gasteiger partial charge in [-0.3, -0.25) is 0 Å². The summed E-state index contributed by atoms with van der Waals surface area (Å²) in [6, 6.07) is 11.6. The topological polar surface area (TPSA) is 47.3 Å². The van der Waals surface area contributed by atoms with E-state index < -0.39 is 0 Å². The van der Waals surface area contributed by atoms with Crippen LogP contribution in [0.1, 0.15) is 31.2 Å². The molecule has 0 aromatic heterocycles. The fourth-order valence-corrected chi connectivity index (χ4v) is 2.60. The monoisotopic (exact) mass is 334 g/mol. The maximum Gasteiger partial charge on any atom is 0.0591 e. The zero-order valence-electron chi connectivity index (χ0n) is 12.5. The van der Waals surface area contributed by atoms with Crippen LogP contribution in [0.15, 0.2) is 30.3 Å². The molecule has 3 N–H and O–H groups in total. The minimum absolute atomic E-state index is 0. The summed E-state index contributed by atoms with van der Waals surface area (Å²) in [7, 11) is 0. The Morgan fingerprint density at radius 1 is 1.00 bits per heavy atom. The molecule has 2 rings (SSSR count). The normalized spacial score (nSPS) is 21.2. The van der Waals surface area contributed by atoms with E-state index in [1.165, 1.54) is 18.4 Å². The molecule has 1 saturated carbocycles. The van der Waals surface area contributed by atoms with Crippen molar-refractivity contribution >= 4 is 24.8 Å². The molecule has 5 heteroatoms. The Morgan fingerprint density at radius 2 is 1.67 bits per heavy atom. The van der Waals surface area contributed by atoms with E-state index in [9.17, 15) is 0 Å². The minimum atomic E-state index is 0. The van der Waals surface area contributed by atoms with E-state index >= 15 is 0 Å². The summed E-state index contributed by atoms with van der Waals surface area (Å²) in [5.41, 5.74) is 7.24. The van der Waals surface area contributed by atoms with Gasteiger partial charge in [0.2, 0.25) is 0 Å². The summed E-state index contributed by atoms with van der Waals surface area (Å²) < 4.78 is 5.66. The molecule has 1 aromatic carbocycles. The van der Waals surface area contributed by atoms with Gasteiger partial charge in [0.15, 0.2) is 0 Å². The molecule has 0 bridgehead atoms. The minimum Gasteiger partial charge on any atom is -0.380 e. The molecule has 1 aromatic rings. The third-order valence-electron chi connectivity index (χ3n) is 3.83. The molecule has 0 spiro atoms. The molecule has 0 radical (unpaired) electrons. The first-order valence-corrected chi connectivity index (χ1v) is 7.45. The number of nitrogens with one attached hydrogen (secondary N) is 1. The van der Waals surface area contributed by atoms with Crippen molar-refractivity contribution in [2.75, 3.05) is 19.8 Å². The molecule has 122 valence electrons. The van der Waals surface area contributed by atoms with Crippen molar-refractivity contribution in [1.29, 1.82) is 0 Å². The van der Waals surface area contributed by atoms with Crippen LogP contribution in [0.4, 0.5) is 0 Å². The number of hydrogen-bond acceptors (Lipinski definition) is 3. The summed E-state index contributed by atoms with van der Waals surface area (Å²) in [6.07, 6.45) is 5.74. The van der Waals surface area contributed by atoms with Crippen molar-refractivity contribution in [2.24, 2.45) is 5.73 Å². The van der Waals surface area contributed by atoms with E-state index in [0.717, 1.165) is 39.0 Å². The predicted octanol–water partition coefficient (Wildman–Crippen LogP) is 2.95. The molecule has 0 amide bonds. The first-order valence-electron chi connectivity index (χ1n) is 7.45. The van der Waals surface area contributed by atoms with Crippen LogP contribution in [-0.4, -0.2) is 31.8 Å². The smallest absolute Gasteiger partial charge is 0.0591 e. The zero-order chi connectivity index (χ0) is 13.3. The van der Waals surface area contributed by atoms with E-state index in [2.05, 4.69) is 29.6 Å². The van der Waals surface area contributed by atoms with Crippen LogP contribution in [0.5, 0.6) is 0 Å². The maximum atomic E-state index is 5.89. The van der Waals surface area contributed by atoms with Gasteiger partial charge in [0, 0.05) is 18.6 Å². The molecule has 0 atom stereocenters. The van der Waals surface area contributed by atoms with Crippen LogP contribution in [0, 0.1) is 0 Å². The number of benzene rings is 1. The number of rotatable bonds is 7. The van der Waals surface area contributed by atoms with Gasteiger partial charge in [-0.25, -0.2) is 0 Å². The molecule has 3 nitrogen and oxygen atoms in total. The van der Waals surface area contributed by atoms with Crippen molar-refractivity contribution in [2.45, 2.75) is 44.2 Å². The SMILES string of the molecule is Cl.Cl.NC1CCC(NCCOCCc2ccccc2)CC1. The highest BCUT2D eigenvalue weighted by molar-refractivity contribution is 5.85. The molecule has 1 aliphatic carbocycles. The second kappa shape index (κ2) is 12.2. The number of halogens is 2. The molecule has 1 fully saturated rings. The van der Waals surface area contributed by atoms with Gasteiger partial charge in [-0.05, 0) is 37.7 Å². The van der Waals surface area contributed by atoms with Crippen molar-refractivity contribution in [3.63, 3.8) is 0 Å². The van der Waals surface area contributed by atoms with Gasteiger partial charge in [0.25, 0.3) is 0 Å². The van der Waals surface area contributed by atoms with E-state index in [4.69, 9.17) is 10.5 Å². The highest BCUT2D eigenvalue weighted by Crippen LogP contribution is 2.16. The van der Waals surface area contributed by atoms with Gasteiger partial charge in [-0.15, -0.1) is 24.8 Å². The van der Waals surface area contributed by atoms with Crippen molar-refractivity contribution in [1.82, 2.24) is 5.32 Å². The van der Waals surface area contributed by atoms with Crippen LogP contribution < -0.4 is 11.1 Å². The summed E-state index contributed by atoms with van der Waals surface area (Å²) >= 11 is 0. The van der Waals surface area contributed by atoms with Gasteiger partial charge in [0.05, 0.1) is 13.2 Å². The molecular formula is C16H28Cl2N2O. The first kappa shape index (κ1) is 20.7. The molecule has 0 heterocycles. The molecular weight excluding hydrogens is 307 g/mol. The average Bonchev–Trinajstić information content (AvgIpc) is 2.46. The second-order valence-corrected chi connectivity index (χ2v) is 5.41. The second-order valence-electron chi connectivity index (χ2n) is 5.41. The summed E-state index contributed by atoms with van der Waals surface area (Å²) in [5.74, 6) is 0. The lowest BCUT2D eigenvalue weighted by Gasteiger charge is -2.26. The van der Waals surface area contributed by atoms with Crippen LogP contribution in [0.25, 0.3) is 0 Å². The predicted molar refractivity (Wildman–Crippen MR) is 93.7 cm³/mol. The fraction of sp³-hybridized carbons (Fsp3) is 0.625. The third kappa shape index (κ3) is 8.64. The standard InChI is InChI=1S/C16H26N2O.2ClH/c17-15-6-8-16(9-7-15)18-11-13-19-12-10-14-4-2-1-3-5-14;;/h1-5,15-16,18H,6-13,17H2;2*1H. The van der Waals surface area contributed by atoms with E-state index in [0.29, 0.717) is 12.1 Å². The summed E-state index contributed by atoms with van der Waals surface area (Å²) in [5, 5.41) is 3.56. The van der Waals surface area contributed by atoms with E-state index in [1.807, 2.05) is 6.07 Å². The van der Waals surface area contributed by atoms with E-state index in [-0.39, 0.29) is 24.8 Å². The lowest BCUT2D eigenvalue weighted by molar-refractivity contribution is 0.134. The largest absolute Gasteiger partial charge is 0.380 e. The van der Waals surface area contributed by atoms with Crippen LogP contribution >= 0.6 is 24.8 Å². The molecule has 0 saturated heterocycles. The summed E-state index contributed by atoms with van der Waals surface area (Å²) in [4.78, 5) is 0. The highest BCUT2D eigenvalue weighted by Gasteiger charge is 2.17. The average molecular weight is 335 g/mol. The van der Waals surface area contributed by atoms with Gasteiger partial charge in [-0.2, -0.15) is 0 Å². The lowest BCUT2D eigenvalue weighted by atomic mass is 9.92. The maximum absolute atomic E-state index is 5.89. The Labute approximate surface area is 140 Å². The number of hydrogen-bond donors (Lipinski definition) is 2. The van der Waals surface area contributed by atoms with Gasteiger partial charge < -0.3 is 15.8 Å². The Morgan fingerprint density at radius 3 is 2.33 bits per heavy atom. The number of nitrogens with two attached hydrogens (primary N) is 1. The quantitative estimate of drug-likeness (QED) is 0.753. The van der Waals surface area contributed by atoms with Gasteiger partial charge >= 0.3 is 0 Å². The fourth-order valence-electron chi connectivity index (χ4n) is 2.60. The van der Waals surface area contributed by atoms with Crippen molar-refractivity contribution < 1.29 is 4.74 Å². The van der Waals surface area contributed by atoms with Crippen LogP contribution in [0.3, 0.4) is 0 Å². The number of ether oxygens (including phenoxy) is 1.